The van der Waals surface area contributed by atoms with Crippen LogP contribution in [0.3, 0.4) is 0 Å². The Morgan fingerprint density at radius 1 is 1.07 bits per heavy atom. The number of benzene rings is 2. The van der Waals surface area contributed by atoms with Gasteiger partial charge < -0.3 is 10.1 Å². The highest BCUT2D eigenvalue weighted by atomic mass is 32.1. The van der Waals surface area contributed by atoms with Crippen molar-refractivity contribution < 1.29 is 14.3 Å². The highest BCUT2D eigenvalue weighted by Crippen LogP contribution is 2.27. The van der Waals surface area contributed by atoms with Crippen LogP contribution in [0.4, 0.5) is 0 Å². The molecular weight excluding hydrogens is 398 g/mol. The van der Waals surface area contributed by atoms with Gasteiger partial charge in [0.05, 0.1) is 0 Å². The molecule has 3 rings (SSSR count). The third kappa shape index (κ3) is 6.69. The molecule has 0 bridgehead atoms. The largest absolute Gasteiger partial charge is 0.481 e. The SMILES string of the molecule is CC(Oc1ccc2ccccc2c1)C(=O)NNC(=S)NC(=O)CCC1CCCCC1. The van der Waals surface area contributed by atoms with Gasteiger partial charge in [-0.25, -0.2) is 0 Å². The monoisotopic (exact) mass is 427 g/mol. The Bertz CT molecular complexity index is 896. The molecule has 1 aliphatic rings. The Morgan fingerprint density at radius 3 is 2.57 bits per heavy atom. The molecule has 1 fully saturated rings. The first-order valence-electron chi connectivity index (χ1n) is 10.6. The molecule has 30 heavy (non-hydrogen) atoms. The minimum absolute atomic E-state index is 0.0786. The number of ether oxygens (including phenoxy) is 1. The van der Waals surface area contributed by atoms with Gasteiger partial charge in [0.15, 0.2) is 11.2 Å². The lowest BCUT2D eigenvalue weighted by atomic mass is 9.86. The van der Waals surface area contributed by atoms with Crippen LogP contribution in [0, 0.1) is 5.92 Å². The molecule has 0 aliphatic heterocycles. The van der Waals surface area contributed by atoms with E-state index in [1.165, 1.54) is 32.1 Å². The molecule has 6 nitrogen and oxygen atoms in total. The molecular formula is C23H29N3O3S. The zero-order valence-electron chi connectivity index (χ0n) is 17.3. The standard InChI is InChI=1S/C23H29N3O3S/c1-16(29-20-13-12-18-9-5-6-10-19(18)15-20)22(28)25-26-23(30)24-21(27)14-11-17-7-3-2-4-8-17/h5-6,9-10,12-13,15-17H,2-4,7-8,11,14H2,1H3,(H,25,28)(H2,24,26,27,30). The van der Waals surface area contributed by atoms with E-state index in [1.807, 2.05) is 42.5 Å². The summed E-state index contributed by atoms with van der Waals surface area (Å²) in [4.78, 5) is 24.3. The number of hydrazine groups is 1. The van der Waals surface area contributed by atoms with Crippen LogP contribution in [0.2, 0.25) is 0 Å². The van der Waals surface area contributed by atoms with Crippen molar-refractivity contribution in [3.05, 3.63) is 42.5 Å². The van der Waals surface area contributed by atoms with Crippen LogP contribution < -0.4 is 20.9 Å². The maximum atomic E-state index is 12.3. The van der Waals surface area contributed by atoms with Gasteiger partial charge in [-0.15, -0.1) is 0 Å². The van der Waals surface area contributed by atoms with Crippen LogP contribution in [0.5, 0.6) is 5.75 Å². The number of carbonyl (C=O) groups excluding carboxylic acids is 2. The zero-order valence-corrected chi connectivity index (χ0v) is 18.1. The van der Waals surface area contributed by atoms with Crippen molar-refractivity contribution in [2.45, 2.75) is 58.0 Å². The quantitative estimate of drug-likeness (QED) is 0.480. The molecule has 1 aliphatic carbocycles. The van der Waals surface area contributed by atoms with E-state index in [0.29, 0.717) is 18.1 Å². The van der Waals surface area contributed by atoms with Gasteiger partial charge in [-0.2, -0.15) is 0 Å². The van der Waals surface area contributed by atoms with Crippen LogP contribution in [0.15, 0.2) is 42.5 Å². The predicted molar refractivity (Wildman–Crippen MR) is 122 cm³/mol. The summed E-state index contributed by atoms with van der Waals surface area (Å²) in [6.45, 7) is 1.65. The topological polar surface area (TPSA) is 79.5 Å². The van der Waals surface area contributed by atoms with Crippen molar-refractivity contribution in [2.24, 2.45) is 5.92 Å². The molecule has 3 N–H and O–H groups in total. The molecule has 2 aromatic rings. The van der Waals surface area contributed by atoms with Gasteiger partial charge in [-0.3, -0.25) is 20.4 Å². The maximum absolute atomic E-state index is 12.3. The van der Waals surface area contributed by atoms with E-state index in [4.69, 9.17) is 17.0 Å². The zero-order chi connectivity index (χ0) is 21.3. The van der Waals surface area contributed by atoms with Crippen molar-refractivity contribution in [2.75, 3.05) is 0 Å². The van der Waals surface area contributed by atoms with Crippen molar-refractivity contribution in [3.8, 4) is 5.75 Å². The Balaban J connectivity index is 1.37. The van der Waals surface area contributed by atoms with Gasteiger partial charge in [0.25, 0.3) is 5.91 Å². The molecule has 7 heteroatoms. The number of rotatable bonds is 6. The lowest BCUT2D eigenvalue weighted by Gasteiger charge is -2.21. The summed E-state index contributed by atoms with van der Waals surface area (Å²) in [6.07, 6.45) is 6.85. The smallest absolute Gasteiger partial charge is 0.279 e. The molecule has 0 saturated heterocycles. The Kier molecular flexibility index (Phi) is 8.02. The Hall–Kier alpha value is -2.67. The van der Waals surface area contributed by atoms with Crippen molar-refractivity contribution in [3.63, 3.8) is 0 Å². The minimum atomic E-state index is -0.733. The molecule has 2 amide bonds. The Labute approximate surface area is 182 Å². The van der Waals surface area contributed by atoms with Crippen molar-refractivity contribution in [1.29, 1.82) is 0 Å². The third-order valence-corrected chi connectivity index (χ3v) is 5.66. The second kappa shape index (κ2) is 10.9. The number of carbonyl (C=O) groups is 2. The van der Waals surface area contributed by atoms with Gasteiger partial charge in [-0.1, -0.05) is 62.4 Å². The minimum Gasteiger partial charge on any atom is -0.481 e. The highest BCUT2D eigenvalue weighted by Gasteiger charge is 2.17. The number of hydrogen-bond acceptors (Lipinski definition) is 4. The summed E-state index contributed by atoms with van der Waals surface area (Å²) in [5.74, 6) is 0.725. The van der Waals surface area contributed by atoms with E-state index in [2.05, 4.69) is 16.2 Å². The first-order valence-corrected chi connectivity index (χ1v) is 11.0. The predicted octanol–water partition coefficient (Wildman–Crippen LogP) is 3.99. The fraction of sp³-hybridized carbons (Fsp3) is 0.435. The number of nitrogens with one attached hydrogen (secondary N) is 3. The normalized spacial score (nSPS) is 15.2. The van der Waals surface area contributed by atoms with Crippen LogP contribution in [0.25, 0.3) is 10.8 Å². The highest BCUT2D eigenvalue weighted by molar-refractivity contribution is 7.80. The molecule has 0 aromatic heterocycles. The lowest BCUT2D eigenvalue weighted by molar-refractivity contribution is -0.128. The average Bonchev–Trinajstić information content (AvgIpc) is 2.76. The van der Waals surface area contributed by atoms with Crippen molar-refractivity contribution in [1.82, 2.24) is 16.2 Å². The van der Waals surface area contributed by atoms with Gasteiger partial charge in [0, 0.05) is 6.42 Å². The number of amides is 2. The molecule has 0 spiro atoms. The van der Waals surface area contributed by atoms with Gasteiger partial charge in [-0.05, 0) is 54.4 Å². The summed E-state index contributed by atoms with van der Waals surface area (Å²) in [5.41, 5.74) is 5.05. The van der Waals surface area contributed by atoms with E-state index in [1.54, 1.807) is 6.92 Å². The summed E-state index contributed by atoms with van der Waals surface area (Å²) in [5, 5.41) is 4.83. The summed E-state index contributed by atoms with van der Waals surface area (Å²) in [6, 6.07) is 13.6. The molecule has 2 aromatic carbocycles. The van der Waals surface area contributed by atoms with Crippen LogP contribution in [-0.4, -0.2) is 23.0 Å². The van der Waals surface area contributed by atoms with Gasteiger partial charge in [0.1, 0.15) is 5.75 Å². The number of hydrogen-bond donors (Lipinski definition) is 3. The molecule has 160 valence electrons. The van der Waals surface area contributed by atoms with E-state index < -0.39 is 6.10 Å². The number of fused-ring (bicyclic) bond motifs is 1. The number of thiocarbonyl (C=S) groups is 1. The van der Waals surface area contributed by atoms with Gasteiger partial charge >= 0.3 is 0 Å². The van der Waals surface area contributed by atoms with E-state index in [-0.39, 0.29) is 16.9 Å². The molecule has 1 saturated carbocycles. The first kappa shape index (κ1) is 22.0. The van der Waals surface area contributed by atoms with E-state index >= 15 is 0 Å². The second-order valence-electron chi connectivity index (χ2n) is 7.80. The van der Waals surface area contributed by atoms with Crippen molar-refractivity contribution >= 4 is 39.9 Å². The summed E-state index contributed by atoms with van der Waals surface area (Å²) < 4.78 is 5.72. The summed E-state index contributed by atoms with van der Waals surface area (Å²) >= 11 is 5.09. The first-order chi connectivity index (χ1) is 14.5. The van der Waals surface area contributed by atoms with E-state index in [0.717, 1.165) is 17.2 Å². The third-order valence-electron chi connectivity index (χ3n) is 5.46. The molecule has 0 heterocycles. The molecule has 0 radical (unpaired) electrons. The summed E-state index contributed by atoms with van der Waals surface area (Å²) in [7, 11) is 0. The van der Waals surface area contributed by atoms with Crippen LogP contribution in [0.1, 0.15) is 51.9 Å². The molecule has 1 atom stereocenters. The van der Waals surface area contributed by atoms with Crippen LogP contribution in [-0.2, 0) is 9.59 Å². The fourth-order valence-electron chi connectivity index (χ4n) is 3.75. The Morgan fingerprint density at radius 2 is 1.80 bits per heavy atom. The maximum Gasteiger partial charge on any atom is 0.279 e. The fourth-order valence-corrected chi connectivity index (χ4v) is 3.91. The van der Waals surface area contributed by atoms with Gasteiger partial charge in [0.2, 0.25) is 5.91 Å². The average molecular weight is 428 g/mol. The van der Waals surface area contributed by atoms with Crippen LogP contribution >= 0.6 is 12.2 Å². The van der Waals surface area contributed by atoms with E-state index in [9.17, 15) is 9.59 Å². The lowest BCUT2D eigenvalue weighted by Crippen LogP contribution is -2.51. The molecule has 1 unspecified atom stereocenters. The second-order valence-corrected chi connectivity index (χ2v) is 8.21.